The highest BCUT2D eigenvalue weighted by Crippen LogP contribution is 2.35. The van der Waals surface area contributed by atoms with E-state index in [1.165, 1.54) is 0 Å². The zero-order valence-corrected chi connectivity index (χ0v) is 12.4. The molecule has 0 N–H and O–H groups in total. The van der Waals surface area contributed by atoms with E-state index in [1.807, 2.05) is 24.3 Å². The summed E-state index contributed by atoms with van der Waals surface area (Å²) in [7, 11) is 1.60. The van der Waals surface area contributed by atoms with Crippen molar-refractivity contribution in [2.45, 2.75) is 18.4 Å². The number of β-lactam (4-membered cyclic amide) rings is 1. The molecule has 1 atom stereocenters. The predicted octanol–water partition coefficient (Wildman–Crippen LogP) is 1.93. The van der Waals surface area contributed by atoms with E-state index in [2.05, 4.69) is 0 Å². The molecular weight excluding hydrogens is 290 g/mol. The largest absolute Gasteiger partial charge is 0.497 e. The molecule has 21 heavy (non-hydrogen) atoms. The van der Waals surface area contributed by atoms with Crippen LogP contribution >= 0.6 is 11.8 Å². The summed E-state index contributed by atoms with van der Waals surface area (Å²) in [6.07, 6.45) is 2.19. The zero-order chi connectivity index (χ0) is 14.8. The fourth-order valence-corrected chi connectivity index (χ4v) is 3.33. The number of nitrogens with zero attached hydrogens (tertiary/aromatic N) is 1. The van der Waals surface area contributed by atoms with Crippen LogP contribution < -0.4 is 4.74 Å². The molecule has 0 radical (unpaired) electrons. The molecule has 0 unspecified atom stereocenters. The van der Waals surface area contributed by atoms with Gasteiger partial charge >= 0.3 is 5.97 Å². The number of benzene rings is 1. The van der Waals surface area contributed by atoms with E-state index in [4.69, 9.17) is 9.47 Å². The van der Waals surface area contributed by atoms with Gasteiger partial charge in [-0.1, -0.05) is 12.1 Å². The molecule has 0 saturated carbocycles. The lowest BCUT2D eigenvalue weighted by Crippen LogP contribution is -2.49. The van der Waals surface area contributed by atoms with Crippen molar-refractivity contribution >= 4 is 23.6 Å². The van der Waals surface area contributed by atoms with E-state index in [1.54, 1.807) is 30.0 Å². The fraction of sp³-hybridized carbons (Fsp3) is 0.333. The molecule has 2 aliphatic rings. The van der Waals surface area contributed by atoms with Crippen LogP contribution in [-0.2, 0) is 20.9 Å². The van der Waals surface area contributed by atoms with Crippen molar-refractivity contribution in [2.24, 2.45) is 0 Å². The standard InChI is InChI=1S/C15H15NO4S/c1-19-12-4-2-10(3-5-12)8-20-15(18)11-7-16-13(17)6-14(16)21-9-11/h2-5,7,14H,6,8-9H2,1H3/t14-/m1/s1. The Morgan fingerprint density at radius 3 is 2.81 bits per heavy atom. The van der Waals surface area contributed by atoms with E-state index in [9.17, 15) is 9.59 Å². The van der Waals surface area contributed by atoms with Crippen LogP contribution in [-0.4, -0.2) is 35.0 Å². The van der Waals surface area contributed by atoms with Gasteiger partial charge in [0.1, 0.15) is 12.4 Å². The number of carbonyl (C=O) groups excluding carboxylic acids is 2. The summed E-state index contributed by atoms with van der Waals surface area (Å²) >= 11 is 1.60. The van der Waals surface area contributed by atoms with Crippen LogP contribution in [0.3, 0.4) is 0 Å². The zero-order valence-electron chi connectivity index (χ0n) is 11.6. The van der Waals surface area contributed by atoms with Gasteiger partial charge in [0.2, 0.25) is 5.91 Å². The van der Waals surface area contributed by atoms with Gasteiger partial charge in [-0.15, -0.1) is 11.8 Å². The third-order valence-electron chi connectivity index (χ3n) is 3.46. The summed E-state index contributed by atoms with van der Waals surface area (Å²) in [6, 6.07) is 7.35. The Hall–Kier alpha value is -1.95. The number of carbonyl (C=O) groups is 2. The second kappa shape index (κ2) is 5.81. The minimum atomic E-state index is -0.364. The topological polar surface area (TPSA) is 55.8 Å². The highest BCUT2D eigenvalue weighted by Gasteiger charge is 2.39. The van der Waals surface area contributed by atoms with Crippen LogP contribution in [0.25, 0.3) is 0 Å². The molecule has 0 spiro atoms. The number of esters is 1. The van der Waals surface area contributed by atoms with Gasteiger partial charge in [0.15, 0.2) is 0 Å². The average Bonchev–Trinajstić information content (AvgIpc) is 2.52. The van der Waals surface area contributed by atoms with Crippen LogP contribution in [0, 0.1) is 0 Å². The monoisotopic (exact) mass is 305 g/mol. The first-order valence-electron chi connectivity index (χ1n) is 6.61. The molecule has 3 rings (SSSR count). The lowest BCUT2D eigenvalue weighted by molar-refractivity contribution is -0.140. The summed E-state index contributed by atoms with van der Waals surface area (Å²) < 4.78 is 10.4. The van der Waals surface area contributed by atoms with E-state index in [-0.39, 0.29) is 23.9 Å². The summed E-state index contributed by atoms with van der Waals surface area (Å²) in [5.74, 6) is 1.05. The van der Waals surface area contributed by atoms with E-state index >= 15 is 0 Å². The number of ether oxygens (including phenoxy) is 2. The van der Waals surface area contributed by atoms with Gasteiger partial charge in [0.25, 0.3) is 0 Å². The van der Waals surface area contributed by atoms with E-state index in [0.29, 0.717) is 17.7 Å². The second-order valence-electron chi connectivity index (χ2n) is 4.85. The minimum Gasteiger partial charge on any atom is -0.497 e. The third kappa shape index (κ3) is 2.90. The number of amides is 1. The molecule has 0 aromatic heterocycles. The maximum Gasteiger partial charge on any atom is 0.336 e. The van der Waals surface area contributed by atoms with Gasteiger partial charge in [-0.2, -0.15) is 0 Å². The molecule has 2 heterocycles. The SMILES string of the molecule is COc1ccc(COC(=O)C2=CN3C(=O)C[C@H]3SC2)cc1. The molecule has 1 aromatic carbocycles. The number of rotatable bonds is 4. The Morgan fingerprint density at radius 1 is 1.38 bits per heavy atom. The molecular formula is C15H15NO4S. The smallest absolute Gasteiger partial charge is 0.336 e. The first kappa shape index (κ1) is 14.0. The summed E-state index contributed by atoms with van der Waals surface area (Å²) in [5.41, 5.74) is 1.43. The average molecular weight is 305 g/mol. The number of methoxy groups -OCH3 is 1. The number of fused-ring (bicyclic) bond motifs is 1. The molecule has 1 amide bonds. The Kier molecular flexibility index (Phi) is 3.88. The Balaban J connectivity index is 1.57. The van der Waals surface area contributed by atoms with Crippen LogP contribution in [0.1, 0.15) is 12.0 Å². The lowest BCUT2D eigenvalue weighted by atomic mass is 10.2. The third-order valence-corrected chi connectivity index (χ3v) is 4.72. The van der Waals surface area contributed by atoms with Crippen molar-refractivity contribution in [1.82, 2.24) is 4.90 Å². The maximum atomic E-state index is 12.0. The maximum absolute atomic E-state index is 12.0. The van der Waals surface area contributed by atoms with Crippen molar-refractivity contribution in [2.75, 3.05) is 12.9 Å². The van der Waals surface area contributed by atoms with Gasteiger partial charge in [-0.3, -0.25) is 4.79 Å². The summed E-state index contributed by atoms with van der Waals surface area (Å²) in [4.78, 5) is 25.0. The normalized spacial score (nSPS) is 20.2. The molecule has 110 valence electrons. The first-order chi connectivity index (χ1) is 10.2. The van der Waals surface area contributed by atoms with Crippen molar-refractivity contribution in [3.05, 3.63) is 41.6 Å². The van der Waals surface area contributed by atoms with Gasteiger partial charge in [-0.25, -0.2) is 4.79 Å². The van der Waals surface area contributed by atoms with Crippen LogP contribution in [0.2, 0.25) is 0 Å². The van der Waals surface area contributed by atoms with Crippen LogP contribution in [0.5, 0.6) is 5.75 Å². The molecule has 5 nitrogen and oxygen atoms in total. The molecule has 1 aromatic rings. The Labute approximate surface area is 126 Å². The quantitative estimate of drug-likeness (QED) is 0.628. The molecule has 0 bridgehead atoms. The number of hydrogen-bond donors (Lipinski definition) is 0. The Bertz CT molecular complexity index is 596. The van der Waals surface area contributed by atoms with Crippen molar-refractivity contribution < 1.29 is 19.1 Å². The first-order valence-corrected chi connectivity index (χ1v) is 7.66. The Morgan fingerprint density at radius 2 is 2.14 bits per heavy atom. The van der Waals surface area contributed by atoms with Gasteiger partial charge < -0.3 is 14.4 Å². The highest BCUT2D eigenvalue weighted by molar-refractivity contribution is 8.00. The number of hydrogen-bond acceptors (Lipinski definition) is 5. The van der Waals surface area contributed by atoms with E-state index in [0.717, 1.165) is 11.3 Å². The fourth-order valence-electron chi connectivity index (χ4n) is 2.16. The highest BCUT2D eigenvalue weighted by atomic mass is 32.2. The summed E-state index contributed by atoms with van der Waals surface area (Å²) in [6.45, 7) is 0.211. The van der Waals surface area contributed by atoms with Gasteiger partial charge in [0, 0.05) is 12.0 Å². The van der Waals surface area contributed by atoms with Crippen LogP contribution in [0.15, 0.2) is 36.0 Å². The summed E-state index contributed by atoms with van der Waals surface area (Å²) in [5, 5.41) is 0.204. The minimum absolute atomic E-state index is 0.0626. The predicted molar refractivity (Wildman–Crippen MR) is 78.6 cm³/mol. The second-order valence-corrected chi connectivity index (χ2v) is 6.02. The van der Waals surface area contributed by atoms with Crippen molar-refractivity contribution in [3.63, 3.8) is 0 Å². The molecule has 0 aliphatic carbocycles. The lowest BCUT2D eigenvalue weighted by Gasteiger charge is -2.40. The van der Waals surface area contributed by atoms with Crippen LogP contribution in [0.4, 0.5) is 0 Å². The molecule has 1 saturated heterocycles. The number of thioether (sulfide) groups is 1. The molecule has 1 fully saturated rings. The molecule has 6 heteroatoms. The van der Waals surface area contributed by atoms with Crippen molar-refractivity contribution in [3.8, 4) is 5.75 Å². The van der Waals surface area contributed by atoms with E-state index < -0.39 is 0 Å². The van der Waals surface area contributed by atoms with Crippen molar-refractivity contribution in [1.29, 1.82) is 0 Å². The van der Waals surface area contributed by atoms with Gasteiger partial charge in [0.05, 0.1) is 24.5 Å². The molecule has 2 aliphatic heterocycles. The van der Waals surface area contributed by atoms with Gasteiger partial charge in [-0.05, 0) is 17.7 Å².